The fourth-order valence-corrected chi connectivity index (χ4v) is 2.80. The molecule has 1 aromatic rings. The van der Waals surface area contributed by atoms with E-state index in [4.69, 9.17) is 10.4 Å². The van der Waals surface area contributed by atoms with Crippen molar-refractivity contribution >= 4 is 16.0 Å². The monoisotopic (exact) mass is 284 g/mol. The van der Waals surface area contributed by atoms with Crippen LogP contribution in [0.4, 0.5) is 0 Å². The molecule has 7 nitrogen and oxygen atoms in total. The van der Waals surface area contributed by atoms with Gasteiger partial charge in [0, 0.05) is 0 Å². The van der Waals surface area contributed by atoms with Gasteiger partial charge in [-0.15, -0.1) is 0 Å². The van der Waals surface area contributed by atoms with Crippen molar-refractivity contribution in [2.75, 3.05) is 0 Å². The summed E-state index contributed by atoms with van der Waals surface area (Å²) < 4.78 is 25.8. The second-order valence-electron chi connectivity index (χ2n) is 3.79. The number of nitriles is 1. The molecule has 0 radical (unpaired) electrons. The molecule has 0 bridgehead atoms. The van der Waals surface area contributed by atoms with Gasteiger partial charge in [-0.05, 0) is 19.1 Å². The Hall–Kier alpha value is -1.95. The van der Waals surface area contributed by atoms with E-state index in [9.17, 15) is 18.3 Å². The molecule has 0 aromatic heterocycles. The SMILES string of the molecule is CC(O)C(NS(=O)(=O)c1ccccc1C#N)C(=O)O. The van der Waals surface area contributed by atoms with Gasteiger partial charge in [-0.3, -0.25) is 4.79 Å². The van der Waals surface area contributed by atoms with Crippen LogP contribution >= 0.6 is 0 Å². The predicted octanol–water partition coefficient (Wildman–Crippen LogP) is -0.329. The molecule has 0 amide bonds. The molecule has 19 heavy (non-hydrogen) atoms. The van der Waals surface area contributed by atoms with E-state index in [1.165, 1.54) is 24.3 Å². The average molecular weight is 284 g/mol. The Balaban J connectivity index is 3.19. The molecular formula is C11H12N2O5S. The number of carbonyl (C=O) groups is 1. The molecule has 0 aliphatic heterocycles. The van der Waals surface area contributed by atoms with E-state index in [-0.39, 0.29) is 10.5 Å². The Labute approximate surface area is 110 Å². The third-order valence-electron chi connectivity index (χ3n) is 2.33. The third-order valence-corrected chi connectivity index (χ3v) is 3.83. The molecule has 8 heteroatoms. The van der Waals surface area contributed by atoms with Gasteiger partial charge in [-0.1, -0.05) is 12.1 Å². The number of hydrogen-bond acceptors (Lipinski definition) is 5. The zero-order valence-electron chi connectivity index (χ0n) is 9.94. The van der Waals surface area contributed by atoms with Crippen LogP contribution in [0.1, 0.15) is 12.5 Å². The molecule has 0 spiro atoms. The number of carboxylic acid groups (broad SMARTS) is 1. The fourth-order valence-electron chi connectivity index (χ4n) is 1.38. The number of carboxylic acids is 1. The lowest BCUT2D eigenvalue weighted by molar-refractivity contribution is -0.141. The summed E-state index contributed by atoms with van der Waals surface area (Å²) in [6.07, 6.45) is -1.42. The first-order valence-electron chi connectivity index (χ1n) is 5.22. The summed E-state index contributed by atoms with van der Waals surface area (Å²) in [4.78, 5) is 10.5. The summed E-state index contributed by atoms with van der Waals surface area (Å²) in [5.41, 5.74) is -0.107. The molecule has 0 aliphatic rings. The number of nitrogens with one attached hydrogen (secondary N) is 1. The van der Waals surface area contributed by atoms with Crippen LogP contribution < -0.4 is 4.72 Å². The van der Waals surface area contributed by atoms with Gasteiger partial charge in [0.25, 0.3) is 0 Å². The Morgan fingerprint density at radius 1 is 1.42 bits per heavy atom. The Morgan fingerprint density at radius 3 is 2.47 bits per heavy atom. The quantitative estimate of drug-likeness (QED) is 0.679. The number of hydrogen-bond donors (Lipinski definition) is 3. The minimum absolute atomic E-state index is 0.107. The molecule has 2 unspecified atom stereocenters. The van der Waals surface area contributed by atoms with E-state index >= 15 is 0 Å². The zero-order chi connectivity index (χ0) is 14.6. The first-order valence-corrected chi connectivity index (χ1v) is 6.70. The van der Waals surface area contributed by atoms with Crippen LogP contribution in [0.15, 0.2) is 29.2 Å². The lowest BCUT2D eigenvalue weighted by Gasteiger charge is -2.17. The highest BCUT2D eigenvalue weighted by atomic mass is 32.2. The summed E-state index contributed by atoms with van der Waals surface area (Å²) >= 11 is 0. The average Bonchev–Trinajstić information content (AvgIpc) is 2.35. The van der Waals surface area contributed by atoms with Gasteiger partial charge in [-0.2, -0.15) is 9.98 Å². The van der Waals surface area contributed by atoms with Gasteiger partial charge in [0.1, 0.15) is 12.1 Å². The number of aliphatic carboxylic acids is 1. The highest BCUT2D eigenvalue weighted by molar-refractivity contribution is 7.89. The van der Waals surface area contributed by atoms with Crippen LogP contribution in [0.2, 0.25) is 0 Å². The maximum atomic E-state index is 12.0. The minimum atomic E-state index is -4.21. The molecule has 1 aromatic carbocycles. The third kappa shape index (κ3) is 3.51. The highest BCUT2D eigenvalue weighted by Gasteiger charge is 2.30. The normalized spacial score (nSPS) is 14.4. The Morgan fingerprint density at radius 2 is 2.00 bits per heavy atom. The van der Waals surface area contributed by atoms with Gasteiger partial charge in [-0.25, -0.2) is 8.42 Å². The topological polar surface area (TPSA) is 127 Å². The van der Waals surface area contributed by atoms with E-state index in [1.807, 2.05) is 4.72 Å². The molecule has 102 valence electrons. The molecule has 3 N–H and O–H groups in total. The number of nitrogens with zero attached hydrogens (tertiary/aromatic N) is 1. The zero-order valence-corrected chi connectivity index (χ0v) is 10.8. The lowest BCUT2D eigenvalue weighted by Crippen LogP contribution is -2.47. The van der Waals surface area contributed by atoms with Crippen molar-refractivity contribution in [3.63, 3.8) is 0 Å². The molecule has 2 atom stereocenters. The van der Waals surface area contributed by atoms with Crippen LogP contribution in [-0.4, -0.2) is 36.7 Å². The second-order valence-corrected chi connectivity index (χ2v) is 5.47. The molecule has 0 aliphatic carbocycles. The maximum absolute atomic E-state index is 12.0. The van der Waals surface area contributed by atoms with Crippen LogP contribution in [-0.2, 0) is 14.8 Å². The molecule has 0 saturated heterocycles. The molecular weight excluding hydrogens is 272 g/mol. The van der Waals surface area contributed by atoms with Crippen LogP contribution in [0.25, 0.3) is 0 Å². The summed E-state index contributed by atoms with van der Waals surface area (Å²) in [6.45, 7) is 1.15. The fraction of sp³-hybridized carbons (Fsp3) is 0.273. The van der Waals surface area contributed by atoms with Gasteiger partial charge >= 0.3 is 5.97 Å². The lowest BCUT2D eigenvalue weighted by atomic mass is 10.2. The predicted molar refractivity (Wildman–Crippen MR) is 64.6 cm³/mol. The van der Waals surface area contributed by atoms with Gasteiger partial charge in [0.15, 0.2) is 0 Å². The minimum Gasteiger partial charge on any atom is -0.480 e. The smallest absolute Gasteiger partial charge is 0.324 e. The largest absolute Gasteiger partial charge is 0.480 e. The summed E-state index contributed by atoms with van der Waals surface area (Å²) in [6, 6.07) is 5.40. The van der Waals surface area contributed by atoms with Crippen molar-refractivity contribution in [1.82, 2.24) is 4.72 Å². The van der Waals surface area contributed by atoms with Gasteiger partial charge in [0.2, 0.25) is 10.0 Å². The summed E-state index contributed by atoms with van der Waals surface area (Å²) in [7, 11) is -4.21. The number of aliphatic hydroxyl groups excluding tert-OH is 1. The van der Waals surface area contributed by atoms with Crippen molar-refractivity contribution in [3.05, 3.63) is 29.8 Å². The van der Waals surface area contributed by atoms with Crippen molar-refractivity contribution < 1.29 is 23.4 Å². The molecule has 0 fully saturated rings. The van der Waals surface area contributed by atoms with E-state index in [0.717, 1.165) is 6.92 Å². The van der Waals surface area contributed by atoms with Crippen molar-refractivity contribution in [3.8, 4) is 6.07 Å². The van der Waals surface area contributed by atoms with Crippen molar-refractivity contribution in [2.45, 2.75) is 24.0 Å². The van der Waals surface area contributed by atoms with Gasteiger partial charge in [0.05, 0.1) is 16.6 Å². The van der Waals surface area contributed by atoms with Crippen molar-refractivity contribution in [1.29, 1.82) is 5.26 Å². The van der Waals surface area contributed by atoms with Crippen molar-refractivity contribution in [2.24, 2.45) is 0 Å². The van der Waals surface area contributed by atoms with E-state index in [0.29, 0.717) is 0 Å². The van der Waals surface area contributed by atoms with Crippen LogP contribution in [0.5, 0.6) is 0 Å². The standard InChI is InChI=1S/C11H12N2O5S/c1-7(14)10(11(15)16)13-19(17,18)9-5-3-2-4-8(9)6-12/h2-5,7,10,13-14H,1H3,(H,15,16). The number of benzene rings is 1. The summed E-state index contributed by atoms with van der Waals surface area (Å²) in [5, 5.41) is 26.9. The van der Waals surface area contributed by atoms with Gasteiger partial charge < -0.3 is 10.2 Å². The number of rotatable bonds is 5. The Kier molecular flexibility index (Phi) is 4.61. The number of sulfonamides is 1. The molecule has 0 heterocycles. The first-order chi connectivity index (χ1) is 8.79. The highest BCUT2D eigenvalue weighted by Crippen LogP contribution is 2.15. The maximum Gasteiger partial charge on any atom is 0.324 e. The Bertz CT molecular complexity index is 618. The summed E-state index contributed by atoms with van der Waals surface area (Å²) in [5.74, 6) is -1.51. The second kappa shape index (κ2) is 5.79. The molecule has 0 saturated carbocycles. The van der Waals surface area contributed by atoms with E-state index in [2.05, 4.69) is 0 Å². The van der Waals surface area contributed by atoms with Crippen LogP contribution in [0.3, 0.4) is 0 Å². The van der Waals surface area contributed by atoms with E-state index in [1.54, 1.807) is 6.07 Å². The van der Waals surface area contributed by atoms with Crippen LogP contribution in [0, 0.1) is 11.3 Å². The molecule has 1 rings (SSSR count). The first kappa shape index (κ1) is 15.1. The number of aliphatic hydroxyl groups is 1. The van der Waals surface area contributed by atoms with E-state index < -0.39 is 28.1 Å².